The fourth-order valence-corrected chi connectivity index (χ4v) is 3.31. The largest absolute Gasteiger partial charge is 0.497 e. The third-order valence-electron chi connectivity index (χ3n) is 4.77. The van der Waals surface area contributed by atoms with E-state index < -0.39 is 0 Å². The van der Waals surface area contributed by atoms with E-state index in [1.54, 1.807) is 24.1 Å². The van der Waals surface area contributed by atoms with Gasteiger partial charge in [0.1, 0.15) is 12.2 Å². The third kappa shape index (κ3) is 3.96. The predicted octanol–water partition coefficient (Wildman–Crippen LogP) is 2.84. The maximum Gasteiger partial charge on any atom is 0.236 e. The van der Waals surface area contributed by atoms with Crippen LogP contribution in [0.5, 0.6) is 5.75 Å². The fraction of sp³-hybridized carbons (Fsp3) is 0.238. The molecular formula is C21H20N4O4. The van der Waals surface area contributed by atoms with Crippen molar-refractivity contribution in [1.29, 1.82) is 0 Å². The van der Waals surface area contributed by atoms with Gasteiger partial charge in [0.05, 0.1) is 7.11 Å². The first-order chi connectivity index (χ1) is 14.0. The minimum atomic E-state index is -0.276. The summed E-state index contributed by atoms with van der Waals surface area (Å²) in [6.07, 6.45) is 0.774. The zero-order valence-electron chi connectivity index (χ0n) is 16.1. The normalized spacial score (nSPS) is 12.6. The standard InChI is InChI=1S/C21H20N4O4/c1-13(26)25-10-9-14-3-6-16(11-18(14)25)22-19(27)12-20-23-21(24-29-20)15-4-7-17(28-2)8-5-15/h3-8,11H,9-10,12H2,1-2H3,(H,22,27). The van der Waals surface area contributed by atoms with Crippen molar-refractivity contribution in [1.82, 2.24) is 10.1 Å². The summed E-state index contributed by atoms with van der Waals surface area (Å²) < 4.78 is 10.3. The number of methoxy groups -OCH3 is 1. The smallest absolute Gasteiger partial charge is 0.236 e. The van der Waals surface area contributed by atoms with Gasteiger partial charge in [-0.05, 0) is 48.4 Å². The maximum absolute atomic E-state index is 12.4. The summed E-state index contributed by atoms with van der Waals surface area (Å²) >= 11 is 0. The number of hydrogen-bond acceptors (Lipinski definition) is 6. The molecule has 2 heterocycles. The molecule has 148 valence electrons. The second-order valence-corrected chi connectivity index (χ2v) is 6.73. The summed E-state index contributed by atoms with van der Waals surface area (Å²) in [7, 11) is 1.60. The second-order valence-electron chi connectivity index (χ2n) is 6.73. The lowest BCUT2D eigenvalue weighted by Crippen LogP contribution is -2.25. The Kier molecular flexibility index (Phi) is 4.99. The fourth-order valence-electron chi connectivity index (χ4n) is 3.31. The van der Waals surface area contributed by atoms with Crippen LogP contribution >= 0.6 is 0 Å². The van der Waals surface area contributed by atoms with E-state index in [1.807, 2.05) is 30.3 Å². The molecule has 8 nitrogen and oxygen atoms in total. The van der Waals surface area contributed by atoms with Gasteiger partial charge in [0.15, 0.2) is 0 Å². The molecule has 0 bridgehead atoms. The Hall–Kier alpha value is -3.68. The molecule has 1 aliphatic rings. The molecule has 0 fully saturated rings. The summed E-state index contributed by atoms with van der Waals surface area (Å²) in [4.78, 5) is 30.1. The van der Waals surface area contributed by atoms with E-state index in [-0.39, 0.29) is 24.1 Å². The lowest BCUT2D eigenvalue weighted by Gasteiger charge is -2.15. The molecule has 8 heteroatoms. The number of carbonyl (C=O) groups is 2. The minimum absolute atomic E-state index is 0.0100. The quantitative estimate of drug-likeness (QED) is 0.717. The molecule has 0 radical (unpaired) electrons. The van der Waals surface area contributed by atoms with Crippen molar-refractivity contribution in [2.45, 2.75) is 19.8 Å². The van der Waals surface area contributed by atoms with Gasteiger partial charge in [-0.3, -0.25) is 9.59 Å². The highest BCUT2D eigenvalue weighted by atomic mass is 16.5. The van der Waals surface area contributed by atoms with Crippen molar-refractivity contribution >= 4 is 23.2 Å². The number of hydrogen-bond donors (Lipinski definition) is 1. The third-order valence-corrected chi connectivity index (χ3v) is 4.77. The maximum atomic E-state index is 12.4. The summed E-state index contributed by atoms with van der Waals surface area (Å²) in [5, 5.41) is 6.75. The molecule has 0 saturated heterocycles. The van der Waals surface area contributed by atoms with Gasteiger partial charge in [-0.2, -0.15) is 4.98 Å². The lowest BCUT2D eigenvalue weighted by molar-refractivity contribution is -0.117. The van der Waals surface area contributed by atoms with Gasteiger partial charge in [0, 0.05) is 30.4 Å². The number of aromatic nitrogens is 2. The number of rotatable bonds is 5. The van der Waals surface area contributed by atoms with E-state index in [0.717, 1.165) is 29.0 Å². The van der Waals surface area contributed by atoms with Crippen LogP contribution in [0.15, 0.2) is 47.0 Å². The molecular weight excluding hydrogens is 372 g/mol. The lowest BCUT2D eigenvalue weighted by atomic mass is 10.1. The highest BCUT2D eigenvalue weighted by molar-refractivity contribution is 5.96. The average Bonchev–Trinajstić information content (AvgIpc) is 3.34. The molecule has 0 saturated carbocycles. The van der Waals surface area contributed by atoms with Crippen LogP contribution in [0.2, 0.25) is 0 Å². The Balaban J connectivity index is 1.42. The van der Waals surface area contributed by atoms with Crippen LogP contribution in [0.3, 0.4) is 0 Å². The average molecular weight is 392 g/mol. The summed E-state index contributed by atoms with van der Waals surface area (Å²) in [5.74, 6) is 1.07. The monoisotopic (exact) mass is 392 g/mol. The molecule has 2 aromatic carbocycles. The van der Waals surface area contributed by atoms with Crippen molar-refractivity contribution in [2.24, 2.45) is 0 Å². The van der Waals surface area contributed by atoms with E-state index in [2.05, 4.69) is 15.5 Å². The highest BCUT2D eigenvalue weighted by Gasteiger charge is 2.22. The van der Waals surface area contributed by atoms with Crippen molar-refractivity contribution in [3.8, 4) is 17.1 Å². The molecule has 0 aliphatic carbocycles. The zero-order chi connectivity index (χ0) is 20.4. The Morgan fingerprint density at radius 1 is 1.21 bits per heavy atom. The molecule has 0 unspecified atom stereocenters. The first kappa shape index (κ1) is 18.7. The number of ether oxygens (including phenoxy) is 1. The zero-order valence-corrected chi connectivity index (χ0v) is 16.1. The molecule has 29 heavy (non-hydrogen) atoms. The number of amides is 2. The van der Waals surface area contributed by atoms with Gasteiger partial charge in [0.2, 0.25) is 23.5 Å². The van der Waals surface area contributed by atoms with E-state index in [9.17, 15) is 9.59 Å². The predicted molar refractivity (Wildman–Crippen MR) is 107 cm³/mol. The van der Waals surface area contributed by atoms with Gasteiger partial charge in [-0.15, -0.1) is 0 Å². The second kappa shape index (κ2) is 7.75. The molecule has 3 aromatic rings. The van der Waals surface area contributed by atoms with Crippen LogP contribution in [0.25, 0.3) is 11.4 Å². The van der Waals surface area contributed by atoms with Crippen LogP contribution in [0, 0.1) is 0 Å². The molecule has 0 atom stereocenters. The SMILES string of the molecule is COc1ccc(-c2noc(CC(=O)Nc3ccc4c(c3)N(C(C)=O)CC4)n2)cc1. The minimum Gasteiger partial charge on any atom is -0.497 e. The molecule has 4 rings (SSSR count). The van der Waals surface area contributed by atoms with E-state index in [1.165, 1.54) is 6.92 Å². The van der Waals surface area contributed by atoms with Crippen LogP contribution in [0.1, 0.15) is 18.4 Å². The molecule has 0 spiro atoms. The topological polar surface area (TPSA) is 97.6 Å². The molecule has 1 N–H and O–H groups in total. The van der Waals surface area contributed by atoms with Gasteiger partial charge < -0.3 is 19.5 Å². The Morgan fingerprint density at radius 2 is 2.00 bits per heavy atom. The number of fused-ring (bicyclic) bond motifs is 1. The summed E-state index contributed by atoms with van der Waals surface area (Å²) in [6, 6.07) is 12.8. The number of nitrogens with zero attached hydrogens (tertiary/aromatic N) is 3. The van der Waals surface area contributed by atoms with Gasteiger partial charge >= 0.3 is 0 Å². The van der Waals surface area contributed by atoms with Crippen LogP contribution < -0.4 is 15.0 Å². The number of benzene rings is 2. The molecule has 1 aromatic heterocycles. The Morgan fingerprint density at radius 3 is 2.72 bits per heavy atom. The van der Waals surface area contributed by atoms with Gasteiger partial charge in [-0.25, -0.2) is 0 Å². The Bertz CT molecular complexity index is 1060. The number of nitrogens with one attached hydrogen (secondary N) is 1. The highest BCUT2D eigenvalue weighted by Crippen LogP contribution is 2.31. The molecule has 2 amide bonds. The van der Waals surface area contributed by atoms with Crippen molar-refractivity contribution in [3.63, 3.8) is 0 Å². The van der Waals surface area contributed by atoms with Crippen molar-refractivity contribution in [2.75, 3.05) is 23.9 Å². The number of carbonyl (C=O) groups excluding carboxylic acids is 2. The first-order valence-electron chi connectivity index (χ1n) is 9.21. The van der Waals surface area contributed by atoms with Gasteiger partial charge in [-0.1, -0.05) is 11.2 Å². The van der Waals surface area contributed by atoms with Crippen LogP contribution in [0.4, 0.5) is 11.4 Å². The van der Waals surface area contributed by atoms with E-state index in [0.29, 0.717) is 18.1 Å². The van der Waals surface area contributed by atoms with E-state index >= 15 is 0 Å². The summed E-state index contributed by atoms with van der Waals surface area (Å²) in [5.41, 5.74) is 3.33. The van der Waals surface area contributed by atoms with Crippen LogP contribution in [-0.4, -0.2) is 35.6 Å². The Labute approximate surface area is 167 Å². The van der Waals surface area contributed by atoms with Crippen LogP contribution in [-0.2, 0) is 22.4 Å². The van der Waals surface area contributed by atoms with E-state index in [4.69, 9.17) is 9.26 Å². The first-order valence-corrected chi connectivity index (χ1v) is 9.21. The van der Waals surface area contributed by atoms with Crippen molar-refractivity contribution < 1.29 is 18.8 Å². The van der Waals surface area contributed by atoms with Crippen molar-refractivity contribution in [3.05, 3.63) is 53.9 Å². The van der Waals surface area contributed by atoms with Gasteiger partial charge in [0.25, 0.3) is 0 Å². The number of anilines is 2. The summed E-state index contributed by atoms with van der Waals surface area (Å²) in [6.45, 7) is 2.20. The molecule has 1 aliphatic heterocycles.